The number of aliphatic hydroxyl groups excluding tert-OH is 1. The summed E-state index contributed by atoms with van der Waals surface area (Å²) in [6, 6.07) is 12.1. The molecule has 0 saturated carbocycles. The Morgan fingerprint density at radius 2 is 2.06 bits per heavy atom. The molecular formula is C13H17NO2. The minimum Gasteiger partial charge on any atom is -0.394 e. The van der Waals surface area contributed by atoms with Crippen molar-refractivity contribution in [3.05, 3.63) is 35.9 Å². The van der Waals surface area contributed by atoms with Crippen molar-refractivity contribution in [2.45, 2.75) is 25.4 Å². The Labute approximate surface area is 96.3 Å². The van der Waals surface area contributed by atoms with Gasteiger partial charge in [0.25, 0.3) is 0 Å². The first kappa shape index (κ1) is 12.7. The molecule has 1 rings (SSSR count). The second-order valence-corrected chi connectivity index (χ2v) is 3.76. The van der Waals surface area contributed by atoms with Gasteiger partial charge >= 0.3 is 0 Å². The number of benzene rings is 1. The van der Waals surface area contributed by atoms with Crippen LogP contribution in [-0.2, 0) is 4.74 Å². The molecule has 2 unspecified atom stereocenters. The summed E-state index contributed by atoms with van der Waals surface area (Å²) in [6.45, 7) is 2.25. The minimum atomic E-state index is -0.442. The predicted octanol–water partition coefficient (Wildman–Crippen LogP) is 2.08. The summed E-state index contributed by atoms with van der Waals surface area (Å²) in [7, 11) is 0. The summed E-state index contributed by atoms with van der Waals surface area (Å²) < 4.78 is 5.22. The van der Waals surface area contributed by atoms with Gasteiger partial charge in [0.2, 0.25) is 0 Å². The van der Waals surface area contributed by atoms with Crippen LogP contribution in [0.25, 0.3) is 0 Å². The second-order valence-electron chi connectivity index (χ2n) is 3.76. The highest BCUT2D eigenvalue weighted by Gasteiger charge is 2.14. The highest BCUT2D eigenvalue weighted by atomic mass is 16.5. The molecule has 0 amide bonds. The van der Waals surface area contributed by atoms with Crippen molar-refractivity contribution < 1.29 is 9.84 Å². The third-order valence-corrected chi connectivity index (χ3v) is 2.49. The second kappa shape index (κ2) is 7.00. The lowest BCUT2D eigenvalue weighted by Gasteiger charge is -2.15. The molecule has 1 N–H and O–H groups in total. The summed E-state index contributed by atoms with van der Waals surface area (Å²) in [5, 5.41) is 17.5. The van der Waals surface area contributed by atoms with Crippen LogP contribution in [0.2, 0.25) is 0 Å². The van der Waals surface area contributed by atoms with E-state index in [1.165, 1.54) is 5.56 Å². The lowest BCUT2D eigenvalue weighted by molar-refractivity contribution is 0.0513. The molecule has 3 nitrogen and oxygen atoms in total. The first-order valence-electron chi connectivity index (χ1n) is 5.45. The van der Waals surface area contributed by atoms with E-state index in [9.17, 15) is 0 Å². The number of rotatable bonds is 6. The Balaban J connectivity index is 2.50. The quantitative estimate of drug-likeness (QED) is 0.797. The van der Waals surface area contributed by atoms with Crippen LogP contribution in [-0.4, -0.2) is 24.4 Å². The molecule has 3 heteroatoms. The Kier molecular flexibility index (Phi) is 5.55. The van der Waals surface area contributed by atoms with Gasteiger partial charge in [-0.05, 0) is 17.9 Å². The largest absolute Gasteiger partial charge is 0.394 e. The van der Waals surface area contributed by atoms with Crippen molar-refractivity contribution >= 4 is 0 Å². The van der Waals surface area contributed by atoms with E-state index in [4.69, 9.17) is 15.1 Å². The summed E-state index contributed by atoms with van der Waals surface area (Å²) >= 11 is 0. The average Bonchev–Trinajstić information content (AvgIpc) is 2.35. The molecule has 0 aromatic heterocycles. The summed E-state index contributed by atoms with van der Waals surface area (Å²) in [5.74, 6) is 0.282. The Morgan fingerprint density at radius 3 is 2.62 bits per heavy atom. The van der Waals surface area contributed by atoms with Gasteiger partial charge < -0.3 is 9.84 Å². The van der Waals surface area contributed by atoms with Crippen LogP contribution in [0.15, 0.2) is 30.3 Å². The van der Waals surface area contributed by atoms with Crippen LogP contribution < -0.4 is 0 Å². The number of hydrogen-bond acceptors (Lipinski definition) is 3. The number of nitrogens with zero attached hydrogens (tertiary/aromatic N) is 1. The van der Waals surface area contributed by atoms with Crippen LogP contribution in [0.1, 0.15) is 24.8 Å². The summed E-state index contributed by atoms with van der Waals surface area (Å²) in [5.41, 5.74) is 1.20. The molecule has 86 valence electrons. The number of nitriles is 1. The zero-order chi connectivity index (χ0) is 11.8. The van der Waals surface area contributed by atoms with Crippen molar-refractivity contribution in [3.63, 3.8) is 0 Å². The molecule has 16 heavy (non-hydrogen) atoms. The van der Waals surface area contributed by atoms with E-state index >= 15 is 0 Å². The van der Waals surface area contributed by atoms with Crippen LogP contribution in [0.3, 0.4) is 0 Å². The molecule has 0 spiro atoms. The SMILES string of the molecule is CC(CC(C#N)OCCO)c1ccccc1. The van der Waals surface area contributed by atoms with Gasteiger partial charge in [0.1, 0.15) is 6.10 Å². The Morgan fingerprint density at radius 1 is 1.38 bits per heavy atom. The Hall–Kier alpha value is -1.37. The number of ether oxygens (including phenoxy) is 1. The Bertz CT molecular complexity index is 332. The third-order valence-electron chi connectivity index (χ3n) is 2.49. The van der Waals surface area contributed by atoms with Gasteiger partial charge in [0, 0.05) is 0 Å². The van der Waals surface area contributed by atoms with Crippen molar-refractivity contribution in [1.82, 2.24) is 0 Å². The van der Waals surface area contributed by atoms with E-state index in [0.29, 0.717) is 6.42 Å². The van der Waals surface area contributed by atoms with E-state index in [-0.39, 0.29) is 19.1 Å². The molecule has 0 aliphatic rings. The zero-order valence-corrected chi connectivity index (χ0v) is 9.47. The maximum Gasteiger partial charge on any atom is 0.144 e. The molecule has 1 aromatic rings. The molecule has 0 radical (unpaired) electrons. The molecule has 0 heterocycles. The summed E-state index contributed by atoms with van der Waals surface area (Å²) in [6.07, 6.45) is 0.211. The van der Waals surface area contributed by atoms with Crippen LogP contribution >= 0.6 is 0 Å². The topological polar surface area (TPSA) is 53.2 Å². The predicted molar refractivity (Wildman–Crippen MR) is 61.9 cm³/mol. The van der Waals surface area contributed by atoms with Crippen molar-refractivity contribution in [1.29, 1.82) is 5.26 Å². The zero-order valence-electron chi connectivity index (χ0n) is 9.47. The van der Waals surface area contributed by atoms with Crippen molar-refractivity contribution in [2.75, 3.05) is 13.2 Å². The van der Waals surface area contributed by atoms with Crippen molar-refractivity contribution in [3.8, 4) is 6.07 Å². The van der Waals surface area contributed by atoms with E-state index in [0.717, 1.165) is 0 Å². The highest BCUT2D eigenvalue weighted by Crippen LogP contribution is 2.21. The van der Waals surface area contributed by atoms with Crippen LogP contribution in [0.5, 0.6) is 0 Å². The molecular weight excluding hydrogens is 202 g/mol. The maximum atomic E-state index is 8.89. The molecule has 2 atom stereocenters. The average molecular weight is 219 g/mol. The van der Waals surface area contributed by atoms with Gasteiger partial charge in [-0.25, -0.2) is 0 Å². The fourth-order valence-corrected chi connectivity index (χ4v) is 1.59. The third kappa shape index (κ3) is 4.01. The normalized spacial score (nSPS) is 14.1. The van der Waals surface area contributed by atoms with Gasteiger partial charge in [-0.15, -0.1) is 0 Å². The van der Waals surface area contributed by atoms with Gasteiger partial charge in [-0.1, -0.05) is 37.3 Å². The number of hydrogen-bond donors (Lipinski definition) is 1. The lowest BCUT2D eigenvalue weighted by Crippen LogP contribution is -2.16. The van der Waals surface area contributed by atoms with Crippen LogP contribution in [0, 0.1) is 11.3 Å². The first-order valence-corrected chi connectivity index (χ1v) is 5.45. The minimum absolute atomic E-state index is 0.0438. The standard InChI is InChI=1S/C13H17NO2/c1-11(12-5-3-2-4-6-12)9-13(10-14)16-8-7-15/h2-6,11,13,15H,7-9H2,1H3. The molecule has 1 aromatic carbocycles. The van der Waals surface area contributed by atoms with Gasteiger partial charge in [0.15, 0.2) is 0 Å². The van der Waals surface area contributed by atoms with Gasteiger partial charge in [-0.2, -0.15) is 5.26 Å². The molecule has 0 fully saturated rings. The summed E-state index contributed by atoms with van der Waals surface area (Å²) in [4.78, 5) is 0. The molecule has 0 aliphatic carbocycles. The van der Waals surface area contributed by atoms with E-state index in [2.05, 4.69) is 13.0 Å². The maximum absolute atomic E-state index is 8.89. The fourth-order valence-electron chi connectivity index (χ4n) is 1.59. The molecule has 0 aliphatic heterocycles. The highest BCUT2D eigenvalue weighted by molar-refractivity contribution is 5.19. The van der Waals surface area contributed by atoms with Gasteiger partial charge in [0.05, 0.1) is 19.3 Å². The number of aliphatic hydroxyl groups is 1. The fraction of sp³-hybridized carbons (Fsp3) is 0.462. The first-order chi connectivity index (χ1) is 7.77. The monoisotopic (exact) mass is 219 g/mol. The van der Waals surface area contributed by atoms with Crippen LogP contribution in [0.4, 0.5) is 0 Å². The van der Waals surface area contributed by atoms with E-state index in [1.54, 1.807) is 0 Å². The smallest absolute Gasteiger partial charge is 0.144 e. The van der Waals surface area contributed by atoms with Crippen molar-refractivity contribution in [2.24, 2.45) is 0 Å². The lowest BCUT2D eigenvalue weighted by atomic mass is 9.95. The van der Waals surface area contributed by atoms with E-state index in [1.807, 2.05) is 30.3 Å². The molecule has 0 saturated heterocycles. The van der Waals surface area contributed by atoms with Gasteiger partial charge in [-0.3, -0.25) is 0 Å². The van der Waals surface area contributed by atoms with E-state index < -0.39 is 6.10 Å². The molecule has 0 bridgehead atoms.